The SMILES string of the molecule is O=C(Nc1ccc(OCc2ccc(F)cc2Cl)cc1)c1coc2cc(-c3nn[nH]n3)c(F)cc12. The molecule has 34 heavy (non-hydrogen) atoms. The molecule has 0 bridgehead atoms. The lowest BCUT2D eigenvalue weighted by molar-refractivity contribution is 0.102. The van der Waals surface area contributed by atoms with E-state index < -0.39 is 17.5 Å². The maximum atomic E-state index is 14.6. The number of amides is 1. The molecule has 0 saturated heterocycles. The Morgan fingerprint density at radius 3 is 2.68 bits per heavy atom. The van der Waals surface area contributed by atoms with Gasteiger partial charge in [0.2, 0.25) is 5.82 Å². The molecule has 2 N–H and O–H groups in total. The van der Waals surface area contributed by atoms with Crippen LogP contribution in [0.15, 0.2) is 65.3 Å². The Morgan fingerprint density at radius 1 is 1.12 bits per heavy atom. The van der Waals surface area contributed by atoms with Crippen molar-refractivity contribution < 1.29 is 22.7 Å². The van der Waals surface area contributed by atoms with E-state index in [1.54, 1.807) is 30.3 Å². The number of aromatic nitrogens is 4. The normalized spacial score (nSPS) is 11.0. The van der Waals surface area contributed by atoms with Crippen LogP contribution >= 0.6 is 11.6 Å². The van der Waals surface area contributed by atoms with Crippen LogP contribution in [-0.2, 0) is 6.61 Å². The van der Waals surface area contributed by atoms with Crippen molar-refractivity contribution in [1.82, 2.24) is 20.6 Å². The van der Waals surface area contributed by atoms with Crippen molar-refractivity contribution in [3.05, 3.63) is 88.6 Å². The second-order valence-electron chi connectivity index (χ2n) is 7.22. The zero-order chi connectivity index (χ0) is 23.7. The summed E-state index contributed by atoms with van der Waals surface area (Å²) in [4.78, 5) is 12.8. The Morgan fingerprint density at radius 2 is 1.94 bits per heavy atom. The summed E-state index contributed by atoms with van der Waals surface area (Å²) in [6.45, 7) is 0.156. The average molecular weight is 482 g/mol. The summed E-state index contributed by atoms with van der Waals surface area (Å²) >= 11 is 6.00. The first-order chi connectivity index (χ1) is 16.5. The largest absolute Gasteiger partial charge is 0.489 e. The van der Waals surface area contributed by atoms with Gasteiger partial charge in [0, 0.05) is 16.6 Å². The molecule has 170 valence electrons. The molecule has 5 rings (SSSR count). The van der Waals surface area contributed by atoms with Crippen LogP contribution in [0, 0.1) is 11.6 Å². The van der Waals surface area contributed by atoms with Gasteiger partial charge in [-0.1, -0.05) is 17.7 Å². The van der Waals surface area contributed by atoms with Crippen LogP contribution in [0.25, 0.3) is 22.4 Å². The van der Waals surface area contributed by atoms with E-state index in [9.17, 15) is 13.6 Å². The first-order valence-electron chi connectivity index (χ1n) is 9.90. The molecule has 3 aromatic carbocycles. The molecule has 2 heterocycles. The maximum Gasteiger partial charge on any atom is 0.259 e. The molecule has 0 spiro atoms. The third-order valence-electron chi connectivity index (χ3n) is 5.02. The number of nitrogens with one attached hydrogen (secondary N) is 2. The smallest absolute Gasteiger partial charge is 0.259 e. The summed E-state index contributed by atoms with van der Waals surface area (Å²) in [6.07, 6.45) is 1.25. The molecule has 0 atom stereocenters. The summed E-state index contributed by atoms with van der Waals surface area (Å²) in [5.74, 6) is -0.909. The number of aromatic amines is 1. The number of nitrogens with zero attached hydrogens (tertiary/aromatic N) is 3. The van der Waals surface area contributed by atoms with Crippen molar-refractivity contribution in [1.29, 1.82) is 0 Å². The quantitative estimate of drug-likeness (QED) is 0.337. The standard InChI is InChI=1S/C23H14ClF2N5O3/c24-19-7-13(25)2-1-12(19)10-33-15-5-3-14(4-6-15)27-23(32)18-11-34-21-9-17(20(26)8-16(18)21)22-28-30-31-29-22/h1-9,11H,10H2,(H,27,32)(H,28,29,30,31). The third-order valence-corrected chi connectivity index (χ3v) is 5.37. The molecule has 0 fully saturated rings. The van der Waals surface area contributed by atoms with E-state index in [1.165, 1.54) is 30.5 Å². The number of tetrazole rings is 1. The minimum Gasteiger partial charge on any atom is -0.489 e. The van der Waals surface area contributed by atoms with Crippen molar-refractivity contribution in [2.45, 2.75) is 6.61 Å². The molecule has 1 amide bonds. The number of furan rings is 1. The summed E-state index contributed by atoms with van der Waals surface area (Å²) in [7, 11) is 0. The van der Waals surface area contributed by atoms with E-state index in [-0.39, 0.29) is 28.6 Å². The first kappa shape index (κ1) is 21.5. The lowest BCUT2D eigenvalue weighted by atomic mass is 10.1. The monoisotopic (exact) mass is 481 g/mol. The molecule has 11 heteroatoms. The molecule has 8 nitrogen and oxygen atoms in total. The van der Waals surface area contributed by atoms with E-state index in [1.807, 2.05) is 0 Å². The van der Waals surface area contributed by atoms with Gasteiger partial charge in [0.05, 0.1) is 16.1 Å². The lowest BCUT2D eigenvalue weighted by Crippen LogP contribution is -2.11. The van der Waals surface area contributed by atoms with Crippen LogP contribution in [0.2, 0.25) is 5.02 Å². The fraction of sp³-hybridized carbons (Fsp3) is 0.0435. The second-order valence-corrected chi connectivity index (χ2v) is 7.62. The summed E-state index contributed by atoms with van der Waals surface area (Å²) < 4.78 is 38.8. The van der Waals surface area contributed by atoms with Gasteiger partial charge < -0.3 is 14.5 Å². The number of halogens is 3. The number of carbonyl (C=O) groups excluding carboxylic acids is 1. The number of fused-ring (bicyclic) bond motifs is 1. The van der Waals surface area contributed by atoms with Crippen LogP contribution in [0.1, 0.15) is 15.9 Å². The number of H-pyrrole nitrogens is 1. The Hall–Kier alpha value is -4.31. The number of hydrogen-bond acceptors (Lipinski definition) is 6. The molecule has 2 aromatic heterocycles. The predicted molar refractivity (Wildman–Crippen MR) is 119 cm³/mol. The molecule has 0 radical (unpaired) electrons. The number of ether oxygens (including phenoxy) is 1. The molecule has 0 saturated carbocycles. The van der Waals surface area contributed by atoms with Gasteiger partial charge in [-0.2, -0.15) is 5.21 Å². The minimum absolute atomic E-state index is 0.0748. The Labute approximate surface area is 195 Å². The van der Waals surface area contributed by atoms with E-state index in [2.05, 4.69) is 25.9 Å². The fourth-order valence-corrected chi connectivity index (χ4v) is 3.52. The van der Waals surface area contributed by atoms with Crippen LogP contribution in [-0.4, -0.2) is 26.5 Å². The summed E-state index contributed by atoms with van der Waals surface area (Å²) in [6, 6.07) is 13.3. The van der Waals surface area contributed by atoms with Crippen LogP contribution in [0.3, 0.4) is 0 Å². The summed E-state index contributed by atoms with van der Waals surface area (Å²) in [5.41, 5.74) is 1.70. The Kier molecular flexibility index (Phi) is 5.64. The highest BCUT2D eigenvalue weighted by Gasteiger charge is 2.19. The van der Waals surface area contributed by atoms with Crippen molar-refractivity contribution in [2.75, 3.05) is 5.32 Å². The number of hydrogen-bond donors (Lipinski definition) is 2. The van der Waals surface area contributed by atoms with Gasteiger partial charge in [0.25, 0.3) is 5.91 Å². The van der Waals surface area contributed by atoms with Crippen LogP contribution in [0.5, 0.6) is 5.75 Å². The Bertz CT molecular complexity index is 1490. The van der Waals surface area contributed by atoms with E-state index >= 15 is 0 Å². The van der Waals surface area contributed by atoms with Gasteiger partial charge in [-0.05, 0) is 53.7 Å². The Balaban J connectivity index is 1.28. The summed E-state index contributed by atoms with van der Waals surface area (Å²) in [5, 5.41) is 16.5. The zero-order valence-electron chi connectivity index (χ0n) is 17.2. The predicted octanol–water partition coefficient (Wildman–Crippen LogP) is 5.38. The van der Waals surface area contributed by atoms with Crippen LogP contribution < -0.4 is 10.1 Å². The highest BCUT2D eigenvalue weighted by atomic mass is 35.5. The molecule has 5 aromatic rings. The number of benzene rings is 3. The molecular weight excluding hydrogens is 468 g/mol. The molecule has 0 unspecified atom stereocenters. The van der Waals surface area contributed by atoms with Crippen molar-refractivity contribution in [3.8, 4) is 17.1 Å². The van der Waals surface area contributed by atoms with Gasteiger partial charge in [-0.3, -0.25) is 4.79 Å². The molecule has 0 aliphatic carbocycles. The van der Waals surface area contributed by atoms with Crippen LogP contribution in [0.4, 0.5) is 14.5 Å². The lowest BCUT2D eigenvalue weighted by Gasteiger charge is -2.09. The van der Waals surface area contributed by atoms with E-state index in [4.69, 9.17) is 20.8 Å². The third kappa shape index (κ3) is 4.30. The first-order valence-corrected chi connectivity index (χ1v) is 10.3. The maximum absolute atomic E-state index is 14.6. The van der Waals surface area contributed by atoms with Gasteiger partial charge in [0.1, 0.15) is 35.8 Å². The fourth-order valence-electron chi connectivity index (χ4n) is 3.30. The van der Waals surface area contributed by atoms with E-state index in [0.29, 0.717) is 28.0 Å². The molecular formula is C23H14ClF2N5O3. The minimum atomic E-state index is -0.618. The number of anilines is 1. The molecule has 0 aliphatic rings. The van der Waals surface area contributed by atoms with Gasteiger partial charge in [0.15, 0.2) is 0 Å². The highest BCUT2D eigenvalue weighted by Crippen LogP contribution is 2.29. The van der Waals surface area contributed by atoms with Gasteiger partial charge in [-0.15, -0.1) is 10.2 Å². The van der Waals surface area contributed by atoms with Crippen molar-refractivity contribution in [2.24, 2.45) is 0 Å². The van der Waals surface area contributed by atoms with Crippen molar-refractivity contribution in [3.63, 3.8) is 0 Å². The van der Waals surface area contributed by atoms with Gasteiger partial charge in [-0.25, -0.2) is 8.78 Å². The van der Waals surface area contributed by atoms with Crippen molar-refractivity contribution >= 4 is 34.2 Å². The average Bonchev–Trinajstić information content (AvgIpc) is 3.49. The molecule has 0 aliphatic heterocycles. The highest BCUT2D eigenvalue weighted by molar-refractivity contribution is 6.31. The number of rotatable bonds is 6. The van der Waals surface area contributed by atoms with Gasteiger partial charge >= 0.3 is 0 Å². The number of carbonyl (C=O) groups is 1. The topological polar surface area (TPSA) is 106 Å². The second kappa shape index (κ2) is 8.91. The zero-order valence-corrected chi connectivity index (χ0v) is 17.9. The van der Waals surface area contributed by atoms with E-state index in [0.717, 1.165) is 0 Å².